The summed E-state index contributed by atoms with van der Waals surface area (Å²) in [5.74, 6) is 1.53. The molecule has 0 saturated carbocycles. The topological polar surface area (TPSA) is 77.2 Å². The maximum absolute atomic E-state index is 12.0. The first-order valence-corrected chi connectivity index (χ1v) is 7.97. The molecular formula is C19H19N3O3. The van der Waals surface area contributed by atoms with Crippen molar-refractivity contribution in [3.8, 4) is 17.2 Å². The quantitative estimate of drug-likeness (QED) is 0.743. The van der Waals surface area contributed by atoms with E-state index >= 15 is 0 Å². The van der Waals surface area contributed by atoms with E-state index in [1.807, 2.05) is 55.5 Å². The third kappa shape index (κ3) is 4.44. The molecule has 0 unspecified atom stereocenters. The van der Waals surface area contributed by atoms with E-state index in [0.29, 0.717) is 18.2 Å². The first-order valence-electron chi connectivity index (χ1n) is 7.97. The molecule has 2 aromatic carbocycles. The zero-order valence-corrected chi connectivity index (χ0v) is 14.2. The number of benzene rings is 2. The van der Waals surface area contributed by atoms with E-state index < -0.39 is 0 Å². The Morgan fingerprint density at radius 3 is 2.48 bits per heavy atom. The highest BCUT2D eigenvalue weighted by atomic mass is 16.5. The van der Waals surface area contributed by atoms with Crippen LogP contribution in [-0.4, -0.2) is 23.2 Å². The van der Waals surface area contributed by atoms with Crippen LogP contribution >= 0.6 is 0 Å². The highest BCUT2D eigenvalue weighted by Gasteiger charge is 2.11. The summed E-state index contributed by atoms with van der Waals surface area (Å²) in [6.45, 7) is 2.00. The Bertz CT molecular complexity index is 839. The molecule has 0 spiro atoms. The zero-order chi connectivity index (χ0) is 17.6. The molecule has 6 nitrogen and oxygen atoms in total. The predicted molar refractivity (Wildman–Crippen MR) is 94.4 cm³/mol. The molecule has 1 N–H and O–H groups in total. The van der Waals surface area contributed by atoms with E-state index in [0.717, 1.165) is 22.6 Å². The maximum Gasteiger partial charge on any atom is 0.247 e. The molecule has 1 aromatic heterocycles. The lowest BCUT2D eigenvalue weighted by atomic mass is 10.2. The van der Waals surface area contributed by atoms with Crippen molar-refractivity contribution >= 4 is 11.6 Å². The summed E-state index contributed by atoms with van der Waals surface area (Å²) in [6, 6.07) is 15.0. The van der Waals surface area contributed by atoms with Crippen LogP contribution in [0, 0.1) is 6.92 Å². The van der Waals surface area contributed by atoms with E-state index in [1.54, 1.807) is 7.11 Å². The largest absolute Gasteiger partial charge is 0.497 e. The molecule has 6 heteroatoms. The Morgan fingerprint density at radius 2 is 1.80 bits per heavy atom. The molecule has 3 rings (SSSR count). The monoisotopic (exact) mass is 337 g/mol. The van der Waals surface area contributed by atoms with Gasteiger partial charge in [0.2, 0.25) is 17.7 Å². The molecule has 1 heterocycles. The normalized spacial score (nSPS) is 10.5. The van der Waals surface area contributed by atoms with E-state index in [2.05, 4.69) is 15.5 Å². The molecule has 0 radical (unpaired) electrons. The van der Waals surface area contributed by atoms with Crippen molar-refractivity contribution in [2.75, 3.05) is 12.4 Å². The summed E-state index contributed by atoms with van der Waals surface area (Å²) < 4.78 is 10.7. The van der Waals surface area contributed by atoms with Gasteiger partial charge in [-0.05, 0) is 43.3 Å². The molecule has 0 atom stereocenters. The highest BCUT2D eigenvalue weighted by Crippen LogP contribution is 2.21. The molecular weight excluding hydrogens is 318 g/mol. The van der Waals surface area contributed by atoms with Crippen molar-refractivity contribution in [2.24, 2.45) is 0 Å². The third-order valence-corrected chi connectivity index (χ3v) is 3.71. The second kappa shape index (κ2) is 7.61. The van der Waals surface area contributed by atoms with Crippen molar-refractivity contribution in [3.63, 3.8) is 0 Å². The van der Waals surface area contributed by atoms with E-state index in [9.17, 15) is 4.79 Å². The summed E-state index contributed by atoms with van der Waals surface area (Å²) in [5.41, 5.74) is 2.73. The Hall–Kier alpha value is -3.15. The Kier molecular flexibility index (Phi) is 5.09. The number of hydrogen-bond donors (Lipinski definition) is 1. The number of carbonyl (C=O) groups is 1. The fourth-order valence-corrected chi connectivity index (χ4v) is 2.29. The van der Waals surface area contributed by atoms with Crippen LogP contribution in [0.1, 0.15) is 17.9 Å². The number of hydrogen-bond acceptors (Lipinski definition) is 5. The molecule has 0 aliphatic rings. The fourth-order valence-electron chi connectivity index (χ4n) is 2.29. The van der Waals surface area contributed by atoms with Crippen LogP contribution in [-0.2, 0) is 11.2 Å². The summed E-state index contributed by atoms with van der Waals surface area (Å²) >= 11 is 0. The van der Waals surface area contributed by atoms with Crippen LogP contribution in [0.3, 0.4) is 0 Å². The van der Waals surface area contributed by atoms with Crippen LogP contribution in [0.5, 0.6) is 5.75 Å². The first kappa shape index (κ1) is 16.7. The second-order valence-electron chi connectivity index (χ2n) is 5.64. The summed E-state index contributed by atoms with van der Waals surface area (Å²) in [5, 5.41) is 10.9. The maximum atomic E-state index is 12.0. The first-order chi connectivity index (χ1) is 12.1. The molecule has 0 aliphatic heterocycles. The van der Waals surface area contributed by atoms with Crippen molar-refractivity contribution < 1.29 is 13.9 Å². The van der Waals surface area contributed by atoms with Gasteiger partial charge in [-0.25, -0.2) is 0 Å². The number of anilines is 1. The van der Waals surface area contributed by atoms with Gasteiger partial charge in [0.25, 0.3) is 0 Å². The van der Waals surface area contributed by atoms with Gasteiger partial charge in [-0.1, -0.05) is 17.7 Å². The number of nitrogens with one attached hydrogen (secondary N) is 1. The summed E-state index contributed by atoms with van der Waals surface area (Å²) in [4.78, 5) is 12.0. The number of ether oxygens (including phenoxy) is 1. The standard InChI is InChI=1S/C19H19N3O3/c1-13-3-7-15(8-4-13)20-17(23)11-12-18-21-22-19(25-18)14-5-9-16(24-2)10-6-14/h3-10H,11-12H2,1-2H3,(H,20,23). The average Bonchev–Trinajstić information content (AvgIpc) is 3.11. The van der Waals surface area contributed by atoms with E-state index in [-0.39, 0.29) is 12.3 Å². The third-order valence-electron chi connectivity index (χ3n) is 3.71. The molecule has 0 fully saturated rings. The number of nitrogens with zero attached hydrogens (tertiary/aromatic N) is 2. The lowest BCUT2D eigenvalue weighted by Crippen LogP contribution is -2.12. The van der Waals surface area contributed by atoms with E-state index in [1.165, 1.54) is 0 Å². The van der Waals surface area contributed by atoms with Gasteiger partial charge in [0.1, 0.15) is 5.75 Å². The van der Waals surface area contributed by atoms with Crippen LogP contribution in [0.15, 0.2) is 52.9 Å². The van der Waals surface area contributed by atoms with Gasteiger partial charge >= 0.3 is 0 Å². The van der Waals surface area contributed by atoms with Gasteiger partial charge in [0.05, 0.1) is 7.11 Å². The molecule has 0 bridgehead atoms. The van der Waals surface area contributed by atoms with Crippen molar-refractivity contribution in [2.45, 2.75) is 19.8 Å². The van der Waals surface area contributed by atoms with Gasteiger partial charge in [-0.2, -0.15) is 0 Å². The minimum atomic E-state index is -0.0898. The summed E-state index contributed by atoms with van der Waals surface area (Å²) in [6.07, 6.45) is 0.666. The lowest BCUT2D eigenvalue weighted by molar-refractivity contribution is -0.116. The number of aromatic nitrogens is 2. The number of rotatable bonds is 6. The van der Waals surface area contributed by atoms with Crippen molar-refractivity contribution in [1.82, 2.24) is 10.2 Å². The number of aryl methyl sites for hydroxylation is 2. The number of carbonyl (C=O) groups excluding carboxylic acids is 1. The van der Waals surface area contributed by atoms with Gasteiger partial charge < -0.3 is 14.5 Å². The van der Waals surface area contributed by atoms with Gasteiger partial charge in [-0.15, -0.1) is 10.2 Å². The zero-order valence-electron chi connectivity index (χ0n) is 14.2. The van der Waals surface area contributed by atoms with Gasteiger partial charge in [0, 0.05) is 24.1 Å². The molecule has 3 aromatic rings. The average molecular weight is 337 g/mol. The van der Waals surface area contributed by atoms with Gasteiger partial charge in [-0.3, -0.25) is 4.79 Å². The van der Waals surface area contributed by atoms with Crippen molar-refractivity contribution in [3.05, 3.63) is 60.0 Å². The van der Waals surface area contributed by atoms with Crippen LogP contribution in [0.2, 0.25) is 0 Å². The van der Waals surface area contributed by atoms with Crippen molar-refractivity contribution in [1.29, 1.82) is 0 Å². The van der Waals surface area contributed by atoms with Crippen LogP contribution in [0.4, 0.5) is 5.69 Å². The number of amides is 1. The molecule has 0 aliphatic carbocycles. The smallest absolute Gasteiger partial charge is 0.247 e. The van der Waals surface area contributed by atoms with Crippen LogP contribution < -0.4 is 10.1 Å². The molecule has 128 valence electrons. The predicted octanol–water partition coefficient (Wildman–Crippen LogP) is 3.62. The molecule has 1 amide bonds. The van der Waals surface area contributed by atoms with Gasteiger partial charge in [0.15, 0.2) is 0 Å². The fraction of sp³-hybridized carbons (Fsp3) is 0.211. The number of methoxy groups -OCH3 is 1. The van der Waals surface area contributed by atoms with E-state index in [4.69, 9.17) is 9.15 Å². The Morgan fingerprint density at radius 1 is 1.08 bits per heavy atom. The van der Waals surface area contributed by atoms with Crippen LogP contribution in [0.25, 0.3) is 11.5 Å². The minimum absolute atomic E-state index is 0.0898. The minimum Gasteiger partial charge on any atom is -0.497 e. The molecule has 25 heavy (non-hydrogen) atoms. The summed E-state index contributed by atoms with van der Waals surface area (Å²) in [7, 11) is 1.61. The lowest BCUT2D eigenvalue weighted by Gasteiger charge is -2.04. The SMILES string of the molecule is COc1ccc(-c2nnc(CCC(=O)Nc3ccc(C)cc3)o2)cc1. The Balaban J connectivity index is 1.55. The molecule has 0 saturated heterocycles. The highest BCUT2D eigenvalue weighted by molar-refractivity contribution is 5.90. The second-order valence-corrected chi connectivity index (χ2v) is 5.64. The Labute approximate surface area is 145 Å².